The van der Waals surface area contributed by atoms with E-state index in [0.717, 1.165) is 16.2 Å². The van der Waals surface area contributed by atoms with E-state index in [0.29, 0.717) is 11.1 Å². The molecule has 14 heteroatoms. The lowest BCUT2D eigenvalue weighted by Gasteiger charge is -2.49. The van der Waals surface area contributed by atoms with E-state index in [9.17, 15) is 29.7 Å². The maximum Gasteiger partial charge on any atom is 0.352 e. The number of thiazole rings is 1. The minimum absolute atomic E-state index is 0.165. The van der Waals surface area contributed by atoms with Gasteiger partial charge in [-0.1, -0.05) is 23.4 Å². The van der Waals surface area contributed by atoms with Crippen LogP contribution in [0.5, 0.6) is 11.5 Å². The average molecular weight is 518 g/mol. The number of amides is 2. The van der Waals surface area contributed by atoms with Crippen molar-refractivity contribution in [2.75, 3.05) is 18.6 Å². The molecule has 0 unspecified atom stereocenters. The first-order valence-electron chi connectivity index (χ1n) is 9.95. The topological polar surface area (TPSA) is 188 Å². The maximum absolute atomic E-state index is 12.9. The highest BCUT2D eigenvalue weighted by Gasteiger charge is 2.54. The van der Waals surface area contributed by atoms with Crippen molar-refractivity contribution in [1.29, 1.82) is 0 Å². The predicted octanol–water partition coefficient (Wildman–Crippen LogP) is 0.939. The maximum atomic E-state index is 12.9. The van der Waals surface area contributed by atoms with Crippen LogP contribution in [-0.4, -0.2) is 73.0 Å². The molecule has 2 aliphatic heterocycles. The number of benzene rings is 1. The number of nitrogens with two attached hydrogens (primary N) is 1. The first kappa shape index (κ1) is 24.1. The zero-order valence-corrected chi connectivity index (χ0v) is 19.7. The number of aromatic hydroxyl groups is 2. The van der Waals surface area contributed by atoms with Crippen LogP contribution in [0.4, 0.5) is 5.13 Å². The molecule has 0 spiro atoms. The lowest BCUT2D eigenvalue weighted by molar-refractivity contribution is -0.150. The van der Waals surface area contributed by atoms with E-state index >= 15 is 0 Å². The molecule has 35 heavy (non-hydrogen) atoms. The fraction of sp³-hybridized carbons (Fsp3) is 0.190. The molecule has 1 fully saturated rings. The Balaban J connectivity index is 1.54. The number of hydrogen-bond acceptors (Lipinski definition) is 11. The van der Waals surface area contributed by atoms with Crippen molar-refractivity contribution in [3.05, 3.63) is 52.2 Å². The number of nitrogens with one attached hydrogen (secondary N) is 1. The van der Waals surface area contributed by atoms with Crippen LogP contribution in [0.15, 0.2) is 46.1 Å². The normalized spacial score (nSPS) is 20.0. The Bertz CT molecular complexity index is 1300. The van der Waals surface area contributed by atoms with Crippen LogP contribution in [0, 0.1) is 0 Å². The number of carboxylic acids is 1. The molecular weight excluding hydrogens is 498 g/mol. The van der Waals surface area contributed by atoms with Crippen LogP contribution in [-0.2, 0) is 19.2 Å². The fourth-order valence-electron chi connectivity index (χ4n) is 3.51. The van der Waals surface area contributed by atoms with Gasteiger partial charge < -0.3 is 31.2 Å². The number of aliphatic carboxylic acids is 1. The van der Waals surface area contributed by atoms with Gasteiger partial charge in [0.25, 0.3) is 11.8 Å². The number of nitrogen functional groups attached to an aromatic ring is 1. The molecule has 0 radical (unpaired) electrons. The van der Waals surface area contributed by atoms with Crippen molar-refractivity contribution in [3.63, 3.8) is 0 Å². The summed E-state index contributed by atoms with van der Waals surface area (Å²) < 4.78 is 0. The zero-order chi connectivity index (χ0) is 25.3. The van der Waals surface area contributed by atoms with E-state index in [-0.39, 0.29) is 39.5 Å². The highest BCUT2D eigenvalue weighted by molar-refractivity contribution is 8.00. The number of hydrogen-bond donors (Lipinski definition) is 5. The van der Waals surface area contributed by atoms with Crippen LogP contribution in [0.25, 0.3) is 6.08 Å². The highest BCUT2D eigenvalue weighted by Crippen LogP contribution is 2.41. The number of allylic oxidation sites excluding steroid dienone is 1. The third kappa shape index (κ3) is 4.65. The summed E-state index contributed by atoms with van der Waals surface area (Å²) in [5.74, 6) is -2.93. The molecule has 2 atom stereocenters. The smallest absolute Gasteiger partial charge is 0.352 e. The molecule has 182 valence electrons. The fourth-order valence-corrected chi connectivity index (χ4v) is 5.38. The van der Waals surface area contributed by atoms with Gasteiger partial charge in [-0.05, 0) is 23.3 Å². The number of β-lactam (4-membered cyclic amide) rings is 1. The molecule has 6 N–H and O–H groups in total. The lowest BCUT2D eigenvalue weighted by atomic mass is 10.0. The Kier molecular flexibility index (Phi) is 6.66. The lowest BCUT2D eigenvalue weighted by Crippen LogP contribution is -2.71. The van der Waals surface area contributed by atoms with Crippen LogP contribution in [0.2, 0.25) is 0 Å². The van der Waals surface area contributed by atoms with E-state index in [1.807, 2.05) is 0 Å². The third-order valence-electron chi connectivity index (χ3n) is 5.13. The highest BCUT2D eigenvalue weighted by atomic mass is 32.2. The number of aromatic nitrogens is 1. The van der Waals surface area contributed by atoms with E-state index in [4.69, 9.17) is 10.6 Å². The van der Waals surface area contributed by atoms with E-state index < -0.39 is 29.2 Å². The summed E-state index contributed by atoms with van der Waals surface area (Å²) in [6.07, 6.45) is 3.10. The standard InChI is InChI=1S/C21H19N5O7S2/c1-33-25-14(11-8-35-21(22)23-11)17(29)24-15-18(30)26-16(20(31)32)10(7-34-19(15)26)4-2-9-3-5-12(27)13(28)6-9/h2-6,8,15,19,27-28H,7H2,1H3,(H2,22,23)(H,24,29)(H,31,32)/b4-2+,25-14-/t15-,19-/m1/s1. The number of thioether (sulfide) groups is 1. The number of carbonyl (C=O) groups excluding carboxylic acids is 2. The molecule has 2 amide bonds. The second-order valence-corrected chi connectivity index (χ2v) is 9.31. The molecule has 2 aromatic rings. The SMILES string of the molecule is CO/N=C(\C(=O)N[C@@H]1C(=O)N2C(C(=O)O)=C(/C=C/c3ccc(O)c(O)c3)CS[C@H]12)c1csc(N)n1. The van der Waals surface area contributed by atoms with Gasteiger partial charge in [0, 0.05) is 11.1 Å². The number of nitrogens with zero attached hydrogens (tertiary/aromatic N) is 3. The first-order chi connectivity index (χ1) is 16.7. The second kappa shape index (κ2) is 9.68. The number of carboxylic acid groups (broad SMARTS) is 1. The van der Waals surface area contributed by atoms with Crippen molar-refractivity contribution in [2.45, 2.75) is 11.4 Å². The van der Waals surface area contributed by atoms with E-state index in [2.05, 4.69) is 15.5 Å². The summed E-state index contributed by atoms with van der Waals surface area (Å²) in [5, 5.41) is 36.2. The average Bonchev–Trinajstić information content (AvgIpc) is 3.26. The van der Waals surface area contributed by atoms with Crippen LogP contribution in [0.1, 0.15) is 11.3 Å². The zero-order valence-electron chi connectivity index (χ0n) is 18.0. The summed E-state index contributed by atoms with van der Waals surface area (Å²) in [4.78, 5) is 47.5. The van der Waals surface area contributed by atoms with Crippen LogP contribution in [0.3, 0.4) is 0 Å². The minimum atomic E-state index is -1.29. The Morgan fingerprint density at radius 2 is 2.09 bits per heavy atom. The van der Waals surface area contributed by atoms with Gasteiger partial charge >= 0.3 is 5.97 Å². The van der Waals surface area contributed by atoms with Crippen molar-refractivity contribution in [2.24, 2.45) is 5.16 Å². The molecule has 4 rings (SSSR count). The monoisotopic (exact) mass is 517 g/mol. The Morgan fingerprint density at radius 1 is 1.31 bits per heavy atom. The van der Waals surface area contributed by atoms with Crippen molar-refractivity contribution < 1.29 is 34.5 Å². The van der Waals surface area contributed by atoms with Gasteiger partial charge in [-0.25, -0.2) is 9.78 Å². The number of phenolic OH excluding ortho intramolecular Hbond substituents is 2. The van der Waals surface area contributed by atoms with Crippen molar-refractivity contribution >= 4 is 57.8 Å². The number of carbonyl (C=O) groups is 3. The summed E-state index contributed by atoms with van der Waals surface area (Å²) in [6, 6.07) is 3.20. The molecule has 1 aromatic heterocycles. The van der Waals surface area contributed by atoms with Gasteiger partial charge in [0.1, 0.15) is 29.9 Å². The third-order valence-corrected chi connectivity index (χ3v) is 7.10. The second-order valence-electron chi connectivity index (χ2n) is 7.31. The number of oxime groups is 1. The quantitative estimate of drug-likeness (QED) is 0.153. The van der Waals surface area contributed by atoms with Gasteiger partial charge in [-0.3, -0.25) is 14.5 Å². The molecule has 12 nitrogen and oxygen atoms in total. The van der Waals surface area contributed by atoms with Gasteiger partial charge in [0.2, 0.25) is 0 Å². The van der Waals surface area contributed by atoms with Gasteiger partial charge in [0.05, 0.1) is 0 Å². The number of rotatable bonds is 7. The van der Waals surface area contributed by atoms with Gasteiger partial charge in [-0.15, -0.1) is 23.1 Å². The minimum Gasteiger partial charge on any atom is -0.504 e. The molecule has 1 aromatic carbocycles. The van der Waals surface area contributed by atoms with Gasteiger partial charge in [-0.2, -0.15) is 0 Å². The molecule has 0 bridgehead atoms. The molecule has 3 heterocycles. The first-order valence-corrected chi connectivity index (χ1v) is 11.9. The predicted molar refractivity (Wildman–Crippen MR) is 129 cm³/mol. The number of phenols is 2. The van der Waals surface area contributed by atoms with E-state index in [1.165, 1.54) is 42.5 Å². The van der Waals surface area contributed by atoms with Crippen molar-refractivity contribution in [1.82, 2.24) is 15.2 Å². The summed E-state index contributed by atoms with van der Waals surface area (Å²) in [6.45, 7) is 0. The van der Waals surface area contributed by atoms with E-state index in [1.54, 1.807) is 12.1 Å². The Morgan fingerprint density at radius 3 is 2.71 bits per heavy atom. The molecule has 0 saturated carbocycles. The van der Waals surface area contributed by atoms with Crippen LogP contribution >= 0.6 is 23.1 Å². The summed E-state index contributed by atoms with van der Waals surface area (Å²) in [5.41, 5.74) is 6.35. The Labute approximate surface area is 206 Å². The largest absolute Gasteiger partial charge is 0.504 e. The van der Waals surface area contributed by atoms with Crippen LogP contribution < -0.4 is 11.1 Å². The van der Waals surface area contributed by atoms with Gasteiger partial charge in [0.15, 0.2) is 22.3 Å². The molecular formula is C21H19N5O7S2. The summed E-state index contributed by atoms with van der Waals surface area (Å²) in [7, 11) is 1.26. The number of anilines is 1. The molecule has 0 aliphatic carbocycles. The number of fused-ring (bicyclic) bond motifs is 1. The molecule has 1 saturated heterocycles. The summed E-state index contributed by atoms with van der Waals surface area (Å²) >= 11 is 2.39. The molecule has 2 aliphatic rings. The van der Waals surface area contributed by atoms with Crippen molar-refractivity contribution in [3.8, 4) is 11.5 Å². The Hall–Kier alpha value is -4.04.